The van der Waals surface area contributed by atoms with Crippen LogP contribution in [0.3, 0.4) is 0 Å². The number of rotatable bonds is 6. The van der Waals surface area contributed by atoms with Gasteiger partial charge in [-0.3, -0.25) is 0 Å². The van der Waals surface area contributed by atoms with Crippen molar-refractivity contribution in [3.63, 3.8) is 0 Å². The summed E-state index contributed by atoms with van der Waals surface area (Å²) in [5.74, 6) is 0. The van der Waals surface area contributed by atoms with E-state index in [-0.39, 0.29) is 12.1 Å². The summed E-state index contributed by atoms with van der Waals surface area (Å²) >= 11 is 0. The predicted octanol–water partition coefficient (Wildman–Crippen LogP) is 0.416. The third kappa shape index (κ3) is 5.92. The monoisotopic (exact) mass is 229 g/mol. The highest BCUT2D eigenvalue weighted by molar-refractivity contribution is 5.73. The van der Waals surface area contributed by atoms with E-state index >= 15 is 0 Å². The highest BCUT2D eigenvalue weighted by Gasteiger charge is 2.15. The van der Waals surface area contributed by atoms with Crippen molar-refractivity contribution in [2.75, 3.05) is 40.3 Å². The van der Waals surface area contributed by atoms with E-state index in [1.165, 1.54) is 0 Å². The van der Waals surface area contributed by atoms with Crippen LogP contribution in [0.25, 0.3) is 0 Å². The first-order chi connectivity index (χ1) is 7.68. The van der Waals surface area contributed by atoms with Crippen LogP contribution in [0.4, 0.5) is 4.79 Å². The Morgan fingerprint density at radius 1 is 1.44 bits per heavy atom. The lowest BCUT2D eigenvalue weighted by Gasteiger charge is -2.12. The summed E-state index contributed by atoms with van der Waals surface area (Å²) in [5.41, 5.74) is 0. The second kappa shape index (κ2) is 7.46. The molecule has 2 amide bonds. The molecule has 1 rings (SSSR count). The molecule has 0 bridgehead atoms. The zero-order valence-electron chi connectivity index (χ0n) is 10.3. The minimum Gasteiger partial charge on any atom is -0.376 e. The van der Waals surface area contributed by atoms with Crippen LogP contribution < -0.4 is 10.6 Å². The van der Waals surface area contributed by atoms with Crippen LogP contribution in [0.2, 0.25) is 0 Å². The van der Waals surface area contributed by atoms with Crippen molar-refractivity contribution in [1.29, 1.82) is 0 Å². The Hall–Kier alpha value is -0.810. The molecule has 0 aromatic carbocycles. The first-order valence-corrected chi connectivity index (χ1v) is 5.96. The number of hydrogen-bond acceptors (Lipinski definition) is 3. The number of carbonyl (C=O) groups excluding carboxylic acids is 1. The average Bonchev–Trinajstić information content (AvgIpc) is 2.74. The zero-order valence-corrected chi connectivity index (χ0v) is 10.3. The Balaban J connectivity index is 1.94. The Labute approximate surface area is 97.5 Å². The molecule has 5 heteroatoms. The molecule has 5 nitrogen and oxygen atoms in total. The lowest BCUT2D eigenvalue weighted by Crippen LogP contribution is -2.40. The molecule has 1 aliphatic rings. The fraction of sp³-hybridized carbons (Fsp3) is 0.909. The van der Waals surface area contributed by atoms with Gasteiger partial charge in [-0.15, -0.1) is 0 Å². The van der Waals surface area contributed by atoms with Gasteiger partial charge >= 0.3 is 6.03 Å². The van der Waals surface area contributed by atoms with E-state index in [0.29, 0.717) is 6.54 Å². The second-order valence-electron chi connectivity index (χ2n) is 4.43. The lowest BCUT2D eigenvalue weighted by molar-refractivity contribution is 0.111. The fourth-order valence-corrected chi connectivity index (χ4v) is 1.67. The summed E-state index contributed by atoms with van der Waals surface area (Å²) < 4.78 is 5.41. The first-order valence-electron chi connectivity index (χ1n) is 5.96. The summed E-state index contributed by atoms with van der Waals surface area (Å²) in [6.45, 7) is 3.16. The van der Waals surface area contributed by atoms with E-state index in [9.17, 15) is 4.79 Å². The highest BCUT2D eigenvalue weighted by Crippen LogP contribution is 2.10. The Kier molecular flexibility index (Phi) is 6.18. The molecule has 1 fully saturated rings. The van der Waals surface area contributed by atoms with Crippen LogP contribution in [-0.4, -0.2) is 57.4 Å². The number of amides is 2. The standard InChI is InChI=1S/C11H23N3O2/c1-14(2)7-4-6-12-11(15)13-9-10-5-3-8-16-10/h10H,3-9H2,1-2H3,(H2,12,13,15). The third-order valence-electron chi connectivity index (χ3n) is 2.58. The average molecular weight is 229 g/mol. The molecule has 1 saturated heterocycles. The van der Waals surface area contributed by atoms with Crippen LogP contribution in [-0.2, 0) is 4.74 Å². The smallest absolute Gasteiger partial charge is 0.314 e. The van der Waals surface area contributed by atoms with Gasteiger partial charge in [0, 0.05) is 19.7 Å². The molecule has 0 aromatic heterocycles. The van der Waals surface area contributed by atoms with E-state index in [4.69, 9.17) is 4.74 Å². The number of nitrogens with zero attached hydrogens (tertiary/aromatic N) is 1. The molecule has 1 heterocycles. The second-order valence-corrected chi connectivity index (χ2v) is 4.43. The maximum absolute atomic E-state index is 11.4. The number of carbonyl (C=O) groups is 1. The minimum atomic E-state index is -0.0887. The topological polar surface area (TPSA) is 53.6 Å². The van der Waals surface area contributed by atoms with Crippen LogP contribution in [0.15, 0.2) is 0 Å². The zero-order chi connectivity index (χ0) is 11.8. The lowest BCUT2D eigenvalue weighted by atomic mass is 10.2. The predicted molar refractivity (Wildman–Crippen MR) is 63.5 cm³/mol. The van der Waals surface area contributed by atoms with Crippen molar-refractivity contribution in [2.24, 2.45) is 0 Å². The molecule has 0 spiro atoms. The summed E-state index contributed by atoms with van der Waals surface area (Å²) in [5, 5.41) is 5.65. The van der Waals surface area contributed by atoms with Gasteiger partial charge in [-0.25, -0.2) is 4.79 Å². The first kappa shape index (κ1) is 13.3. The van der Waals surface area contributed by atoms with Crippen LogP contribution in [0, 0.1) is 0 Å². The number of urea groups is 1. The van der Waals surface area contributed by atoms with Crippen molar-refractivity contribution in [3.05, 3.63) is 0 Å². The van der Waals surface area contributed by atoms with Crippen LogP contribution in [0.1, 0.15) is 19.3 Å². The molecule has 0 aromatic rings. The van der Waals surface area contributed by atoms with Crippen molar-refractivity contribution in [1.82, 2.24) is 15.5 Å². The van der Waals surface area contributed by atoms with Gasteiger partial charge in [0.05, 0.1) is 6.10 Å². The molecule has 0 aliphatic carbocycles. The van der Waals surface area contributed by atoms with Gasteiger partial charge < -0.3 is 20.3 Å². The molecule has 1 atom stereocenters. The number of ether oxygens (including phenoxy) is 1. The molecule has 0 saturated carbocycles. The summed E-state index contributed by atoms with van der Waals surface area (Å²) in [4.78, 5) is 13.5. The third-order valence-corrected chi connectivity index (χ3v) is 2.58. The van der Waals surface area contributed by atoms with Gasteiger partial charge in [-0.2, -0.15) is 0 Å². The minimum absolute atomic E-state index is 0.0887. The van der Waals surface area contributed by atoms with E-state index in [1.54, 1.807) is 0 Å². The van der Waals surface area contributed by atoms with Gasteiger partial charge in [-0.05, 0) is 39.9 Å². The molecule has 0 radical (unpaired) electrons. The highest BCUT2D eigenvalue weighted by atomic mass is 16.5. The number of nitrogens with one attached hydrogen (secondary N) is 2. The molecule has 1 unspecified atom stereocenters. The largest absolute Gasteiger partial charge is 0.376 e. The van der Waals surface area contributed by atoms with Crippen molar-refractivity contribution < 1.29 is 9.53 Å². The molecule has 16 heavy (non-hydrogen) atoms. The Morgan fingerprint density at radius 2 is 2.25 bits per heavy atom. The number of hydrogen-bond donors (Lipinski definition) is 2. The van der Waals surface area contributed by atoms with E-state index in [2.05, 4.69) is 15.5 Å². The van der Waals surface area contributed by atoms with E-state index in [0.717, 1.165) is 39.0 Å². The van der Waals surface area contributed by atoms with Gasteiger partial charge in [0.15, 0.2) is 0 Å². The normalized spacial score (nSPS) is 20.1. The summed E-state index contributed by atoms with van der Waals surface area (Å²) in [6.07, 6.45) is 3.35. The van der Waals surface area contributed by atoms with Gasteiger partial charge in [0.1, 0.15) is 0 Å². The van der Waals surface area contributed by atoms with Gasteiger partial charge in [-0.1, -0.05) is 0 Å². The molecular weight excluding hydrogens is 206 g/mol. The quantitative estimate of drug-likeness (QED) is 0.649. The fourth-order valence-electron chi connectivity index (χ4n) is 1.67. The van der Waals surface area contributed by atoms with E-state index in [1.807, 2.05) is 14.1 Å². The van der Waals surface area contributed by atoms with Crippen LogP contribution >= 0.6 is 0 Å². The van der Waals surface area contributed by atoms with Crippen molar-refractivity contribution in [2.45, 2.75) is 25.4 Å². The van der Waals surface area contributed by atoms with Crippen LogP contribution in [0.5, 0.6) is 0 Å². The summed E-state index contributed by atoms with van der Waals surface area (Å²) in [7, 11) is 4.05. The maximum Gasteiger partial charge on any atom is 0.314 e. The molecule has 94 valence electrons. The van der Waals surface area contributed by atoms with Gasteiger partial charge in [0.2, 0.25) is 0 Å². The summed E-state index contributed by atoms with van der Waals surface area (Å²) in [6, 6.07) is -0.0887. The Morgan fingerprint density at radius 3 is 2.88 bits per heavy atom. The maximum atomic E-state index is 11.4. The molecule has 1 aliphatic heterocycles. The van der Waals surface area contributed by atoms with E-state index < -0.39 is 0 Å². The molecule has 2 N–H and O–H groups in total. The SMILES string of the molecule is CN(C)CCCNC(=O)NCC1CCCO1. The Bertz CT molecular complexity index is 203. The van der Waals surface area contributed by atoms with Gasteiger partial charge in [0.25, 0.3) is 0 Å². The van der Waals surface area contributed by atoms with Crippen molar-refractivity contribution in [3.8, 4) is 0 Å². The molecular formula is C11H23N3O2. The van der Waals surface area contributed by atoms with Crippen molar-refractivity contribution >= 4 is 6.03 Å².